The number of nitrogens with zero attached hydrogens (tertiary/aromatic N) is 2. The minimum absolute atomic E-state index is 0.988. The first-order valence-electron chi connectivity index (χ1n) is 2.01. The summed E-state index contributed by atoms with van der Waals surface area (Å²) in [7, 11) is 3.77. The van der Waals surface area contributed by atoms with Gasteiger partial charge in [0.1, 0.15) is 0 Å². The zero-order valence-corrected chi connectivity index (χ0v) is 5.12. The van der Waals surface area contributed by atoms with E-state index in [1.807, 2.05) is 14.1 Å². The predicted octanol–water partition coefficient (Wildman–Crippen LogP) is 0.523. The molecule has 0 atom stereocenters. The van der Waals surface area contributed by atoms with Crippen LogP contribution in [-0.4, -0.2) is 16.2 Å². The van der Waals surface area contributed by atoms with Gasteiger partial charge in [-0.3, -0.25) is 0 Å². The van der Waals surface area contributed by atoms with Crippen LogP contribution in [0.2, 0.25) is 0 Å². The van der Waals surface area contributed by atoms with E-state index < -0.39 is 0 Å². The molecule has 0 amide bonds. The van der Waals surface area contributed by atoms with Crippen LogP contribution in [0.4, 0.5) is 5.13 Å². The molecule has 1 aromatic rings. The van der Waals surface area contributed by atoms with Gasteiger partial charge in [0.05, 0.1) is 0 Å². The Kier molecular flexibility index (Phi) is 1.02. The van der Waals surface area contributed by atoms with Crippen molar-refractivity contribution in [3.05, 3.63) is 0 Å². The molecular weight excluding hydrogens is 110 g/mol. The zero-order chi connectivity index (χ0) is 5.28. The number of aromatic nitrogens is 2. The Balaban J connectivity index is 2.56. The van der Waals surface area contributed by atoms with Gasteiger partial charge in [-0.15, -0.1) is 5.10 Å². The Morgan fingerprint density at radius 1 is 1.86 bits per heavy atom. The first kappa shape index (κ1) is 4.64. The van der Waals surface area contributed by atoms with Gasteiger partial charge >= 0.3 is 0 Å². The van der Waals surface area contributed by atoms with E-state index >= 15 is 0 Å². The maximum absolute atomic E-state index is 3.94. The zero-order valence-electron chi connectivity index (χ0n) is 4.30. The highest BCUT2D eigenvalue weighted by Gasteiger charge is 1.93. The van der Waals surface area contributed by atoms with Crippen LogP contribution in [0.5, 0.6) is 0 Å². The Morgan fingerprint density at radius 3 is 2.57 bits per heavy atom. The summed E-state index contributed by atoms with van der Waals surface area (Å²) in [6, 6.07) is 0. The lowest BCUT2D eigenvalue weighted by Crippen LogP contribution is -2.02. The average molecular weight is 117 g/mol. The van der Waals surface area contributed by atoms with Gasteiger partial charge in [-0.05, 0) is 11.5 Å². The molecule has 1 rings (SSSR count). The van der Waals surface area contributed by atoms with Crippen LogP contribution in [-0.2, 0) is 7.05 Å². The fourth-order valence-electron chi connectivity index (χ4n) is 0.355. The average Bonchev–Trinajstić information content (AvgIpc) is 1.58. The van der Waals surface area contributed by atoms with Crippen LogP contribution in [0.1, 0.15) is 0 Å². The van der Waals surface area contributed by atoms with Crippen molar-refractivity contribution in [1.82, 2.24) is 9.17 Å². The van der Waals surface area contributed by atoms with Gasteiger partial charge in [-0.25, -0.2) is 4.07 Å². The second kappa shape index (κ2) is 1.54. The number of hydrogen-bond acceptors (Lipinski definition) is 3. The summed E-state index contributed by atoms with van der Waals surface area (Å²) in [5, 5.41) is 7.83. The number of aryl methyl sites for hydroxylation is 1. The highest BCUT2D eigenvalue weighted by molar-refractivity contribution is 7.11. The summed E-state index contributed by atoms with van der Waals surface area (Å²) >= 11 is 1.60. The molecule has 1 heterocycles. The van der Waals surface area contributed by atoms with Gasteiger partial charge < -0.3 is 5.32 Å². The fourth-order valence-corrected chi connectivity index (χ4v) is 0.864. The van der Waals surface area contributed by atoms with E-state index in [2.05, 4.69) is 10.4 Å². The maximum atomic E-state index is 3.94. The molecule has 0 aliphatic rings. The van der Waals surface area contributed by atoms with Crippen LogP contribution in [0.15, 0.2) is 0 Å². The van der Waals surface area contributed by atoms with Crippen molar-refractivity contribution in [2.75, 3.05) is 12.4 Å². The van der Waals surface area contributed by atoms with E-state index in [0.717, 1.165) is 5.13 Å². The predicted molar refractivity (Wildman–Crippen MR) is 30.6 cm³/mol. The molecule has 0 saturated carbocycles. The van der Waals surface area contributed by atoms with Crippen molar-refractivity contribution < 1.29 is 0 Å². The van der Waals surface area contributed by atoms with Crippen molar-refractivity contribution in [1.29, 1.82) is 0 Å². The van der Waals surface area contributed by atoms with Gasteiger partial charge in [0.15, 0.2) is 0 Å². The van der Waals surface area contributed by atoms with E-state index in [1.54, 1.807) is 15.6 Å². The monoisotopic (exact) mass is 117 g/mol. The van der Waals surface area contributed by atoms with Crippen LogP contribution in [0.25, 0.3) is 0 Å². The van der Waals surface area contributed by atoms with E-state index in [9.17, 15) is 0 Å². The molecule has 0 spiro atoms. The number of rotatable bonds is 1. The van der Waals surface area contributed by atoms with Crippen molar-refractivity contribution in [2.45, 2.75) is 0 Å². The first-order valence-corrected chi connectivity index (χ1v) is 2.78. The van der Waals surface area contributed by atoms with Crippen LogP contribution in [0, 0.1) is 0 Å². The van der Waals surface area contributed by atoms with E-state index in [4.69, 9.17) is 0 Å². The quantitative estimate of drug-likeness (QED) is 0.581. The number of anilines is 1. The van der Waals surface area contributed by atoms with Crippen molar-refractivity contribution in [2.24, 2.45) is 7.05 Å². The Labute approximate surface area is 46.1 Å². The smallest absolute Gasteiger partial charge is 0.219 e. The van der Waals surface area contributed by atoms with Crippen molar-refractivity contribution in [3.63, 3.8) is 0 Å². The minimum Gasteiger partial charge on any atom is -0.362 e. The Hall–Kier alpha value is -0.510. The number of nitrogens with one attached hydrogen (secondary N) is 1. The van der Waals surface area contributed by atoms with Gasteiger partial charge in [0, 0.05) is 14.1 Å². The highest BCUT2D eigenvalue weighted by Crippen LogP contribution is 2.09. The standard InChI is InChI=1S/C3H7N3S/c1-4-3-5-6(2)7-3/h1-2H3,(H,4,5). The lowest BCUT2D eigenvalue weighted by molar-refractivity contribution is 0.814. The molecule has 0 saturated heterocycles. The molecular formula is C3H7N3S. The second-order valence-corrected chi connectivity index (χ2v) is 2.31. The molecule has 0 bridgehead atoms. The second-order valence-electron chi connectivity index (χ2n) is 1.21. The third-order valence-electron chi connectivity index (χ3n) is 0.664. The third-order valence-corrected chi connectivity index (χ3v) is 1.47. The topological polar surface area (TPSA) is 29.9 Å². The summed E-state index contributed by atoms with van der Waals surface area (Å²) in [6.45, 7) is 0. The molecule has 0 aliphatic heterocycles. The van der Waals surface area contributed by atoms with E-state index in [0.29, 0.717) is 0 Å². The molecule has 0 radical (unpaired) electrons. The normalized spacial score (nSPS) is 9.43. The van der Waals surface area contributed by atoms with Gasteiger partial charge in [-0.2, -0.15) is 0 Å². The largest absolute Gasteiger partial charge is 0.362 e. The lowest BCUT2D eigenvalue weighted by atomic mass is 11.1. The molecule has 0 aromatic carbocycles. The molecule has 3 nitrogen and oxygen atoms in total. The number of hydrogen-bond donors (Lipinski definition) is 1. The van der Waals surface area contributed by atoms with Crippen LogP contribution < -0.4 is 5.32 Å². The summed E-state index contributed by atoms with van der Waals surface area (Å²) in [4.78, 5) is 0. The summed E-state index contributed by atoms with van der Waals surface area (Å²) in [5.41, 5.74) is 0. The molecule has 40 valence electrons. The van der Waals surface area contributed by atoms with E-state index in [-0.39, 0.29) is 0 Å². The van der Waals surface area contributed by atoms with Crippen LogP contribution >= 0.6 is 11.5 Å². The summed E-state index contributed by atoms with van der Waals surface area (Å²) in [6.07, 6.45) is 0. The molecule has 1 N–H and O–H groups in total. The molecule has 4 heteroatoms. The Morgan fingerprint density at radius 2 is 2.43 bits per heavy atom. The fraction of sp³-hybridized carbons (Fsp3) is 0.667. The Bertz CT molecular complexity index is 131. The minimum atomic E-state index is 0.988. The first-order chi connectivity index (χ1) is 3.33. The lowest BCUT2D eigenvalue weighted by Gasteiger charge is -2.03. The summed E-state index contributed by atoms with van der Waals surface area (Å²) in [5.74, 6) is 0. The molecule has 1 aromatic heterocycles. The highest BCUT2D eigenvalue weighted by atomic mass is 32.1. The van der Waals surface area contributed by atoms with Crippen LogP contribution in [0.3, 0.4) is 0 Å². The summed E-state index contributed by atoms with van der Waals surface area (Å²) < 4.78 is 1.80. The van der Waals surface area contributed by atoms with Gasteiger partial charge in [-0.1, -0.05) is 0 Å². The van der Waals surface area contributed by atoms with Gasteiger partial charge in [0.25, 0.3) is 0 Å². The van der Waals surface area contributed by atoms with E-state index in [1.165, 1.54) is 0 Å². The molecule has 0 unspecified atom stereocenters. The van der Waals surface area contributed by atoms with Crippen molar-refractivity contribution in [3.8, 4) is 0 Å². The maximum Gasteiger partial charge on any atom is 0.219 e. The van der Waals surface area contributed by atoms with Crippen molar-refractivity contribution >= 4 is 16.7 Å². The molecule has 7 heavy (non-hydrogen) atoms. The third kappa shape index (κ3) is 0.742. The SMILES string of the molecule is CNc1nn(C)s1. The molecule has 0 aliphatic carbocycles. The van der Waals surface area contributed by atoms with Gasteiger partial charge in [0.2, 0.25) is 5.13 Å². The molecule has 0 fully saturated rings.